The average molecular weight is 249 g/mol. The monoisotopic (exact) mass is 249 g/mol. The van der Waals surface area contributed by atoms with Gasteiger partial charge in [0.2, 0.25) is 0 Å². The molecule has 1 aliphatic carbocycles. The van der Waals surface area contributed by atoms with Crippen molar-refractivity contribution in [1.82, 2.24) is 10.1 Å². The van der Waals surface area contributed by atoms with E-state index in [2.05, 4.69) is 10.1 Å². The number of aromatic nitrogens is 1. The van der Waals surface area contributed by atoms with Gasteiger partial charge in [0.15, 0.2) is 5.76 Å². The molecule has 1 aromatic rings. The molecule has 0 bridgehead atoms. The Labute approximate surface area is 108 Å². The Morgan fingerprint density at radius 2 is 2.11 bits per heavy atom. The van der Waals surface area contributed by atoms with E-state index in [0.29, 0.717) is 6.54 Å². The Bertz CT molecular complexity index is 388. The highest BCUT2D eigenvalue weighted by Gasteiger charge is 2.33. The van der Waals surface area contributed by atoms with Crippen molar-refractivity contribution in [2.75, 3.05) is 6.54 Å². The Hall–Kier alpha value is -0.870. The standard InChI is InChI=1S/C14H23N3O/c15-9-12-8-13(18-16-12)10-17-7-3-5-11-4-1-2-6-14(11)17/h8,11,14H,1-7,9-10,15H2/t11-,14-/m1/s1. The van der Waals surface area contributed by atoms with Gasteiger partial charge < -0.3 is 10.3 Å². The van der Waals surface area contributed by atoms with Crippen molar-refractivity contribution in [2.45, 2.75) is 57.7 Å². The van der Waals surface area contributed by atoms with Crippen LogP contribution < -0.4 is 5.73 Å². The number of rotatable bonds is 3. The smallest absolute Gasteiger partial charge is 0.151 e. The summed E-state index contributed by atoms with van der Waals surface area (Å²) in [5, 5.41) is 3.98. The average Bonchev–Trinajstić information content (AvgIpc) is 2.87. The first kappa shape index (κ1) is 12.2. The predicted octanol–water partition coefficient (Wildman–Crippen LogP) is 2.29. The van der Waals surface area contributed by atoms with E-state index in [1.165, 1.54) is 45.1 Å². The lowest BCUT2D eigenvalue weighted by Gasteiger charge is -2.43. The van der Waals surface area contributed by atoms with Crippen LogP contribution in [0.3, 0.4) is 0 Å². The molecule has 2 heterocycles. The van der Waals surface area contributed by atoms with E-state index in [1.54, 1.807) is 0 Å². The Balaban J connectivity index is 1.66. The summed E-state index contributed by atoms with van der Waals surface area (Å²) >= 11 is 0. The van der Waals surface area contributed by atoms with Crippen molar-refractivity contribution >= 4 is 0 Å². The van der Waals surface area contributed by atoms with Crippen molar-refractivity contribution in [3.8, 4) is 0 Å². The van der Waals surface area contributed by atoms with Crippen LogP contribution in [0.5, 0.6) is 0 Å². The zero-order valence-corrected chi connectivity index (χ0v) is 11.0. The maximum atomic E-state index is 5.57. The number of hydrogen-bond acceptors (Lipinski definition) is 4. The summed E-state index contributed by atoms with van der Waals surface area (Å²) in [5.41, 5.74) is 6.43. The summed E-state index contributed by atoms with van der Waals surface area (Å²) in [7, 11) is 0. The minimum Gasteiger partial charge on any atom is -0.360 e. The summed E-state index contributed by atoms with van der Waals surface area (Å²) in [6, 6.07) is 2.78. The molecule has 1 saturated carbocycles. The molecular formula is C14H23N3O. The summed E-state index contributed by atoms with van der Waals surface area (Å²) in [4.78, 5) is 2.61. The van der Waals surface area contributed by atoms with Crippen LogP contribution in [-0.2, 0) is 13.1 Å². The van der Waals surface area contributed by atoms with Gasteiger partial charge in [0.05, 0.1) is 12.2 Å². The van der Waals surface area contributed by atoms with E-state index < -0.39 is 0 Å². The van der Waals surface area contributed by atoms with E-state index >= 15 is 0 Å². The van der Waals surface area contributed by atoms with Crippen LogP contribution in [0.25, 0.3) is 0 Å². The number of fused-ring (bicyclic) bond motifs is 1. The fourth-order valence-electron chi connectivity index (χ4n) is 3.65. The molecule has 0 unspecified atom stereocenters. The number of nitrogens with two attached hydrogens (primary N) is 1. The summed E-state index contributed by atoms with van der Waals surface area (Å²) in [6.07, 6.45) is 8.36. The van der Waals surface area contributed by atoms with Gasteiger partial charge in [-0.2, -0.15) is 0 Å². The van der Waals surface area contributed by atoms with Crippen molar-refractivity contribution in [2.24, 2.45) is 11.7 Å². The normalized spacial score (nSPS) is 29.2. The van der Waals surface area contributed by atoms with Crippen LogP contribution in [-0.4, -0.2) is 22.6 Å². The van der Waals surface area contributed by atoms with Gasteiger partial charge in [0.1, 0.15) is 0 Å². The summed E-state index contributed by atoms with van der Waals surface area (Å²) in [6.45, 7) is 2.59. The first-order chi connectivity index (χ1) is 8.86. The van der Waals surface area contributed by atoms with Crippen molar-refractivity contribution in [3.63, 3.8) is 0 Å². The molecule has 100 valence electrons. The molecule has 2 atom stereocenters. The molecule has 1 aliphatic heterocycles. The zero-order valence-electron chi connectivity index (χ0n) is 11.0. The van der Waals surface area contributed by atoms with Gasteiger partial charge in [-0.3, -0.25) is 4.90 Å². The first-order valence-corrected chi connectivity index (χ1v) is 7.25. The molecule has 2 N–H and O–H groups in total. The second kappa shape index (κ2) is 5.41. The highest BCUT2D eigenvalue weighted by molar-refractivity contribution is 5.05. The number of piperidine rings is 1. The van der Waals surface area contributed by atoms with Crippen molar-refractivity contribution in [1.29, 1.82) is 0 Å². The van der Waals surface area contributed by atoms with Crippen molar-refractivity contribution in [3.05, 3.63) is 17.5 Å². The molecule has 1 aromatic heterocycles. The van der Waals surface area contributed by atoms with Gasteiger partial charge in [-0.25, -0.2) is 0 Å². The molecule has 4 heteroatoms. The fourth-order valence-corrected chi connectivity index (χ4v) is 3.65. The zero-order chi connectivity index (χ0) is 12.4. The lowest BCUT2D eigenvalue weighted by molar-refractivity contribution is 0.0479. The lowest BCUT2D eigenvalue weighted by atomic mass is 9.78. The van der Waals surface area contributed by atoms with Crippen LogP contribution in [0.1, 0.15) is 50.0 Å². The largest absolute Gasteiger partial charge is 0.360 e. The quantitative estimate of drug-likeness (QED) is 0.893. The van der Waals surface area contributed by atoms with E-state index in [1.807, 2.05) is 6.07 Å². The molecule has 4 nitrogen and oxygen atoms in total. The van der Waals surface area contributed by atoms with Gasteiger partial charge in [0.25, 0.3) is 0 Å². The van der Waals surface area contributed by atoms with Crippen LogP contribution in [0.4, 0.5) is 0 Å². The van der Waals surface area contributed by atoms with Crippen LogP contribution >= 0.6 is 0 Å². The van der Waals surface area contributed by atoms with Gasteiger partial charge in [-0.05, 0) is 38.1 Å². The highest BCUT2D eigenvalue weighted by Crippen LogP contribution is 2.35. The van der Waals surface area contributed by atoms with Gasteiger partial charge in [0, 0.05) is 18.7 Å². The number of nitrogens with zero attached hydrogens (tertiary/aromatic N) is 2. The lowest BCUT2D eigenvalue weighted by Crippen LogP contribution is -2.46. The van der Waals surface area contributed by atoms with Gasteiger partial charge in [-0.1, -0.05) is 18.0 Å². The SMILES string of the molecule is NCc1cc(CN2CCC[C@H]3CCCC[C@H]32)on1. The second-order valence-electron chi connectivity index (χ2n) is 5.71. The molecule has 2 aliphatic rings. The van der Waals surface area contributed by atoms with Crippen LogP contribution in [0.15, 0.2) is 10.6 Å². The van der Waals surface area contributed by atoms with E-state index in [-0.39, 0.29) is 0 Å². The molecule has 3 rings (SSSR count). The minimum absolute atomic E-state index is 0.468. The second-order valence-corrected chi connectivity index (χ2v) is 5.71. The van der Waals surface area contributed by atoms with Crippen molar-refractivity contribution < 1.29 is 4.52 Å². The highest BCUT2D eigenvalue weighted by atomic mass is 16.5. The molecule has 0 spiro atoms. The third-order valence-electron chi connectivity index (χ3n) is 4.53. The fraction of sp³-hybridized carbons (Fsp3) is 0.786. The van der Waals surface area contributed by atoms with Crippen LogP contribution in [0.2, 0.25) is 0 Å². The molecule has 0 amide bonds. The molecular weight excluding hydrogens is 226 g/mol. The van der Waals surface area contributed by atoms with Gasteiger partial charge >= 0.3 is 0 Å². The predicted molar refractivity (Wildman–Crippen MR) is 69.8 cm³/mol. The maximum Gasteiger partial charge on any atom is 0.151 e. The Kier molecular flexibility index (Phi) is 3.66. The van der Waals surface area contributed by atoms with E-state index in [9.17, 15) is 0 Å². The molecule has 0 radical (unpaired) electrons. The summed E-state index contributed by atoms with van der Waals surface area (Å²) < 4.78 is 5.37. The third kappa shape index (κ3) is 2.45. The first-order valence-electron chi connectivity index (χ1n) is 7.25. The van der Waals surface area contributed by atoms with E-state index in [0.717, 1.165) is 30.0 Å². The summed E-state index contributed by atoms with van der Waals surface area (Å²) in [5.74, 6) is 1.89. The Morgan fingerprint density at radius 3 is 2.94 bits per heavy atom. The van der Waals surface area contributed by atoms with E-state index in [4.69, 9.17) is 10.3 Å². The number of hydrogen-bond donors (Lipinski definition) is 1. The number of likely N-dealkylation sites (tertiary alicyclic amines) is 1. The molecule has 18 heavy (non-hydrogen) atoms. The topological polar surface area (TPSA) is 55.3 Å². The molecule has 2 fully saturated rings. The molecule has 1 saturated heterocycles. The minimum atomic E-state index is 0.468. The molecule has 0 aromatic carbocycles. The Morgan fingerprint density at radius 1 is 1.28 bits per heavy atom. The van der Waals surface area contributed by atoms with Crippen LogP contribution in [0, 0.1) is 5.92 Å². The third-order valence-corrected chi connectivity index (χ3v) is 4.53. The maximum absolute atomic E-state index is 5.57. The van der Waals surface area contributed by atoms with Gasteiger partial charge in [-0.15, -0.1) is 0 Å².